The summed E-state index contributed by atoms with van der Waals surface area (Å²) in [5.41, 5.74) is 6.03. The number of ether oxygens (including phenoxy) is 2. The van der Waals surface area contributed by atoms with Gasteiger partial charge in [-0.15, -0.1) is 0 Å². The lowest BCUT2D eigenvalue weighted by molar-refractivity contribution is -0.141. The summed E-state index contributed by atoms with van der Waals surface area (Å²) in [6, 6.07) is 3.22. The molecule has 0 spiro atoms. The monoisotopic (exact) mass is 551 g/mol. The number of pyridine rings is 1. The fourth-order valence-corrected chi connectivity index (χ4v) is 4.23. The number of halogens is 3. The molecule has 1 atom stereocenters. The zero-order valence-electron chi connectivity index (χ0n) is 22.3. The van der Waals surface area contributed by atoms with Crippen molar-refractivity contribution in [2.45, 2.75) is 70.3 Å². The molecule has 0 aromatic carbocycles. The SMILES string of the molecule is Cc1ncc(C(O)(CCN=[N+]=[N-])COc2cccc(C(F)(F)F)n2)c(C2CCN(C(=O)OC(C)(C)C)CC2)n1. The number of carbonyl (C=O) groups is 1. The molecule has 0 bridgehead atoms. The molecule has 2 aromatic rings. The Labute approximate surface area is 224 Å². The quantitative estimate of drug-likeness (QED) is 0.267. The Kier molecular flexibility index (Phi) is 9.23. The summed E-state index contributed by atoms with van der Waals surface area (Å²) in [5.74, 6) is -0.0217. The van der Waals surface area contributed by atoms with E-state index in [0.717, 1.165) is 12.1 Å². The van der Waals surface area contributed by atoms with E-state index in [1.54, 1.807) is 32.6 Å². The number of aromatic nitrogens is 3. The zero-order chi connectivity index (χ0) is 28.8. The fraction of sp³-hybridized carbons (Fsp3) is 0.600. The van der Waals surface area contributed by atoms with Crippen LogP contribution >= 0.6 is 0 Å². The smallest absolute Gasteiger partial charge is 0.433 e. The number of carbonyl (C=O) groups excluding carboxylic acids is 1. The summed E-state index contributed by atoms with van der Waals surface area (Å²) >= 11 is 0. The number of hydrogen-bond acceptors (Lipinski definition) is 8. The Morgan fingerprint density at radius 2 is 1.92 bits per heavy atom. The van der Waals surface area contributed by atoms with E-state index in [2.05, 4.69) is 25.0 Å². The molecular weight excluding hydrogens is 519 g/mol. The normalized spacial score (nSPS) is 16.3. The van der Waals surface area contributed by atoms with Crippen LogP contribution in [0.3, 0.4) is 0 Å². The number of aryl methyl sites for hydroxylation is 1. The van der Waals surface area contributed by atoms with Gasteiger partial charge in [-0.05, 0) is 58.6 Å². The second-order valence-electron chi connectivity index (χ2n) is 10.3. The Hall–Kier alpha value is -3.64. The van der Waals surface area contributed by atoms with Gasteiger partial charge in [0.05, 0.1) is 5.69 Å². The maximum absolute atomic E-state index is 13.1. The van der Waals surface area contributed by atoms with Crippen LogP contribution in [-0.2, 0) is 16.5 Å². The van der Waals surface area contributed by atoms with Crippen molar-refractivity contribution in [1.29, 1.82) is 0 Å². The standard InChI is InChI=1S/C25H32F3N7O4/c1-16-30-14-18(21(32-16)17-8-12-35(13-9-17)22(36)39-23(2,3)4)24(37,10-11-31-34-29)15-38-20-7-5-6-19(33-20)25(26,27)28/h5-7,14,17,37H,8-13,15H2,1-4H3. The lowest BCUT2D eigenvalue weighted by Crippen LogP contribution is -2.42. The number of amides is 1. The number of hydrogen-bond donors (Lipinski definition) is 1. The highest BCUT2D eigenvalue weighted by Crippen LogP contribution is 2.36. The Bertz CT molecular complexity index is 1210. The minimum absolute atomic E-state index is 0.105. The van der Waals surface area contributed by atoms with Crippen molar-refractivity contribution in [2.75, 3.05) is 26.2 Å². The average molecular weight is 552 g/mol. The van der Waals surface area contributed by atoms with Gasteiger partial charge < -0.3 is 19.5 Å². The summed E-state index contributed by atoms with van der Waals surface area (Å²) < 4.78 is 50.3. The van der Waals surface area contributed by atoms with Gasteiger partial charge in [0.15, 0.2) is 0 Å². The maximum Gasteiger partial charge on any atom is 0.433 e. The third-order valence-corrected chi connectivity index (χ3v) is 6.13. The Morgan fingerprint density at radius 1 is 1.23 bits per heavy atom. The van der Waals surface area contributed by atoms with Gasteiger partial charge in [-0.1, -0.05) is 11.2 Å². The Morgan fingerprint density at radius 3 is 2.54 bits per heavy atom. The summed E-state index contributed by atoms with van der Waals surface area (Å²) in [5, 5.41) is 15.3. The van der Waals surface area contributed by atoms with Crippen molar-refractivity contribution >= 4 is 6.09 Å². The predicted molar refractivity (Wildman–Crippen MR) is 134 cm³/mol. The second kappa shape index (κ2) is 12.0. The molecule has 1 fully saturated rings. The van der Waals surface area contributed by atoms with Crippen molar-refractivity contribution in [3.8, 4) is 5.88 Å². The van der Waals surface area contributed by atoms with Crippen LogP contribution in [0.5, 0.6) is 5.88 Å². The van der Waals surface area contributed by atoms with Crippen LogP contribution in [0.15, 0.2) is 29.5 Å². The molecule has 3 heterocycles. The zero-order valence-corrected chi connectivity index (χ0v) is 22.3. The Balaban J connectivity index is 1.87. The van der Waals surface area contributed by atoms with Crippen LogP contribution in [0, 0.1) is 6.92 Å². The largest absolute Gasteiger partial charge is 0.474 e. The number of alkyl halides is 3. The maximum atomic E-state index is 13.1. The molecule has 14 heteroatoms. The molecule has 212 valence electrons. The van der Waals surface area contributed by atoms with Crippen LogP contribution in [0.25, 0.3) is 10.4 Å². The van der Waals surface area contributed by atoms with E-state index in [4.69, 9.17) is 15.0 Å². The summed E-state index contributed by atoms with van der Waals surface area (Å²) in [7, 11) is 0. The van der Waals surface area contributed by atoms with E-state index in [1.165, 1.54) is 12.3 Å². The van der Waals surface area contributed by atoms with E-state index in [0.29, 0.717) is 43.0 Å². The molecule has 39 heavy (non-hydrogen) atoms. The van der Waals surface area contributed by atoms with Gasteiger partial charge in [0.2, 0.25) is 5.88 Å². The molecule has 3 rings (SSSR count). The summed E-state index contributed by atoms with van der Waals surface area (Å²) in [6.45, 7) is 7.29. The molecule has 0 aliphatic carbocycles. The minimum Gasteiger partial charge on any atom is -0.474 e. The van der Waals surface area contributed by atoms with Gasteiger partial charge in [-0.2, -0.15) is 13.2 Å². The van der Waals surface area contributed by atoms with E-state index in [-0.39, 0.29) is 24.8 Å². The first-order chi connectivity index (χ1) is 18.2. The number of likely N-dealkylation sites (tertiary alicyclic amines) is 1. The van der Waals surface area contributed by atoms with Gasteiger partial charge in [-0.3, -0.25) is 0 Å². The van der Waals surface area contributed by atoms with E-state index in [9.17, 15) is 23.1 Å². The van der Waals surface area contributed by atoms with Gasteiger partial charge in [0.1, 0.15) is 29.3 Å². The van der Waals surface area contributed by atoms with Gasteiger partial charge in [-0.25, -0.2) is 19.7 Å². The van der Waals surface area contributed by atoms with Gasteiger partial charge >= 0.3 is 12.3 Å². The molecule has 1 aliphatic rings. The highest BCUT2D eigenvalue weighted by molar-refractivity contribution is 5.68. The summed E-state index contributed by atoms with van der Waals surface area (Å²) in [4.78, 5) is 29.2. The summed E-state index contributed by atoms with van der Waals surface area (Å²) in [6.07, 6.45) is -2.66. The van der Waals surface area contributed by atoms with Crippen LogP contribution in [0.2, 0.25) is 0 Å². The molecule has 0 saturated carbocycles. The molecule has 11 nitrogen and oxygen atoms in total. The highest BCUT2D eigenvalue weighted by atomic mass is 19.4. The van der Waals surface area contributed by atoms with Gasteiger partial charge in [0, 0.05) is 48.3 Å². The average Bonchev–Trinajstić information content (AvgIpc) is 2.86. The molecule has 2 aromatic heterocycles. The lowest BCUT2D eigenvalue weighted by atomic mass is 9.83. The predicted octanol–water partition coefficient (Wildman–Crippen LogP) is 5.28. The molecule has 1 saturated heterocycles. The van der Waals surface area contributed by atoms with Crippen molar-refractivity contribution in [3.63, 3.8) is 0 Å². The third-order valence-electron chi connectivity index (χ3n) is 6.13. The van der Waals surface area contributed by atoms with E-state index < -0.39 is 35.8 Å². The van der Waals surface area contributed by atoms with Crippen LogP contribution in [0.1, 0.15) is 68.7 Å². The van der Waals surface area contributed by atoms with Gasteiger partial charge in [0.25, 0.3) is 0 Å². The first-order valence-electron chi connectivity index (χ1n) is 12.4. The first kappa shape index (κ1) is 29.9. The second-order valence-corrected chi connectivity index (χ2v) is 10.3. The fourth-order valence-electron chi connectivity index (χ4n) is 4.23. The molecule has 0 radical (unpaired) electrons. The van der Waals surface area contributed by atoms with E-state index in [1.807, 2.05) is 0 Å². The van der Waals surface area contributed by atoms with Crippen LogP contribution in [-0.4, -0.2) is 62.9 Å². The number of rotatable bonds is 8. The molecule has 1 unspecified atom stereocenters. The number of aliphatic hydroxyl groups is 1. The van der Waals surface area contributed by atoms with Crippen molar-refractivity contribution in [2.24, 2.45) is 5.11 Å². The molecule has 1 aliphatic heterocycles. The van der Waals surface area contributed by atoms with Crippen LogP contribution < -0.4 is 4.74 Å². The minimum atomic E-state index is -4.66. The highest BCUT2D eigenvalue weighted by Gasteiger charge is 2.38. The third kappa shape index (κ3) is 8.17. The van der Waals surface area contributed by atoms with Crippen molar-refractivity contribution < 1.29 is 32.5 Å². The number of piperidine rings is 1. The lowest BCUT2D eigenvalue weighted by Gasteiger charge is -2.36. The first-order valence-corrected chi connectivity index (χ1v) is 12.4. The van der Waals surface area contributed by atoms with Crippen molar-refractivity contribution in [3.05, 3.63) is 57.6 Å². The van der Waals surface area contributed by atoms with Crippen LogP contribution in [0.4, 0.5) is 18.0 Å². The van der Waals surface area contributed by atoms with E-state index >= 15 is 0 Å². The molecule has 1 N–H and O–H groups in total. The van der Waals surface area contributed by atoms with Crippen molar-refractivity contribution in [1.82, 2.24) is 19.9 Å². The number of azide groups is 1. The number of nitrogens with zero attached hydrogens (tertiary/aromatic N) is 7. The topological polar surface area (TPSA) is 146 Å². The molecular formula is C25H32F3N7O4. The molecule has 1 amide bonds.